The molecule has 0 atom stereocenters. The molecule has 0 heterocycles. The van der Waals surface area contributed by atoms with E-state index in [1.54, 1.807) is 0 Å². The molecule has 2 heteroatoms. The van der Waals surface area contributed by atoms with Crippen molar-refractivity contribution in [3.8, 4) is 0 Å². The molecule has 0 bridgehead atoms. The fourth-order valence-corrected chi connectivity index (χ4v) is 2.27. The summed E-state index contributed by atoms with van der Waals surface area (Å²) in [5.41, 5.74) is 2.64. The van der Waals surface area contributed by atoms with Gasteiger partial charge in [-0.05, 0) is 11.3 Å². The van der Waals surface area contributed by atoms with E-state index in [0.29, 0.717) is 5.92 Å². The summed E-state index contributed by atoms with van der Waals surface area (Å²) in [7, 11) is 0. The number of hydrogen-bond acceptors (Lipinski definition) is 0. The number of benzene rings is 2. The molecule has 0 fully saturated rings. The summed E-state index contributed by atoms with van der Waals surface area (Å²) in [5.74, 6) is 0.338. The maximum atomic E-state index is 3.35. The van der Waals surface area contributed by atoms with Crippen LogP contribution in [-0.2, 0) is 65.4 Å². The van der Waals surface area contributed by atoms with Crippen LogP contribution in [0.3, 0.4) is 0 Å². The van der Waals surface area contributed by atoms with Crippen molar-refractivity contribution in [2.75, 3.05) is 0 Å². The zero-order valence-electron chi connectivity index (χ0n) is 11.9. The van der Waals surface area contributed by atoms with Crippen molar-refractivity contribution in [2.45, 2.75) is 26.7 Å². The average molecular weight is 400 g/mol. The van der Waals surface area contributed by atoms with Crippen molar-refractivity contribution < 1.29 is 65.4 Å². The summed E-state index contributed by atoms with van der Waals surface area (Å²) < 4.78 is 0. The zero-order valence-corrected chi connectivity index (χ0v) is 17.5. The van der Waals surface area contributed by atoms with Gasteiger partial charge in [-0.1, -0.05) is 20.8 Å². The molecule has 0 amide bonds. The standard InChI is InChI=1S/C17H18.2Y/c1-17(2,3)16(14-10-6-4-7-11-14)15-12-8-5-9-13-15;;/h4-10,12,16H,1-3H3;;/q-2;;. The molecule has 0 aromatic heterocycles. The normalized spacial score (nSPS) is 10.5. The fraction of sp³-hybridized carbons (Fsp3) is 0.294. The molecule has 0 spiro atoms. The molecule has 0 nitrogen and oxygen atoms in total. The molecule has 0 aliphatic carbocycles. The first-order valence-electron chi connectivity index (χ1n) is 6.02. The molecule has 94 valence electrons. The van der Waals surface area contributed by atoms with Crippen molar-refractivity contribution in [1.82, 2.24) is 0 Å². The van der Waals surface area contributed by atoms with E-state index in [2.05, 4.69) is 57.2 Å². The van der Waals surface area contributed by atoms with Gasteiger partial charge in [0.25, 0.3) is 0 Å². The first kappa shape index (κ1) is 19.6. The molecule has 2 rings (SSSR count). The second-order valence-electron chi connectivity index (χ2n) is 5.43. The van der Waals surface area contributed by atoms with Crippen molar-refractivity contribution in [1.29, 1.82) is 0 Å². The third-order valence-corrected chi connectivity index (χ3v) is 2.95. The molecule has 0 aliphatic heterocycles. The van der Waals surface area contributed by atoms with E-state index < -0.39 is 0 Å². The molecule has 0 N–H and O–H groups in total. The third-order valence-electron chi connectivity index (χ3n) is 2.95. The van der Waals surface area contributed by atoms with Gasteiger partial charge in [-0.2, -0.15) is 71.8 Å². The Labute approximate surface area is 167 Å². The van der Waals surface area contributed by atoms with E-state index >= 15 is 0 Å². The van der Waals surface area contributed by atoms with E-state index in [-0.39, 0.29) is 70.8 Å². The Hall–Kier alpha value is 0.648. The molecule has 2 radical (unpaired) electrons. The Morgan fingerprint density at radius 3 is 1.47 bits per heavy atom. The minimum Gasteiger partial charge on any atom is -0.180 e. The second kappa shape index (κ2) is 8.83. The van der Waals surface area contributed by atoms with Gasteiger partial charge in [-0.3, -0.25) is 0 Å². The van der Waals surface area contributed by atoms with E-state index in [4.69, 9.17) is 0 Å². The minimum absolute atomic E-state index is 0. The van der Waals surface area contributed by atoms with Gasteiger partial charge in [0.1, 0.15) is 0 Å². The van der Waals surface area contributed by atoms with Crippen molar-refractivity contribution in [3.05, 3.63) is 71.8 Å². The van der Waals surface area contributed by atoms with E-state index in [1.807, 2.05) is 24.3 Å². The Morgan fingerprint density at radius 1 is 0.789 bits per heavy atom. The molecule has 0 saturated heterocycles. The van der Waals surface area contributed by atoms with Gasteiger partial charge in [-0.15, -0.1) is 0 Å². The maximum absolute atomic E-state index is 3.35. The van der Waals surface area contributed by atoms with Gasteiger partial charge in [0, 0.05) is 65.4 Å². The van der Waals surface area contributed by atoms with Crippen LogP contribution < -0.4 is 0 Å². The van der Waals surface area contributed by atoms with Gasteiger partial charge in [-0.25, -0.2) is 0 Å². The molecular formula is C17H18Y2-2. The fourth-order valence-electron chi connectivity index (χ4n) is 2.27. The van der Waals surface area contributed by atoms with Crippen LogP contribution in [0.1, 0.15) is 37.8 Å². The van der Waals surface area contributed by atoms with Gasteiger partial charge in [0.2, 0.25) is 0 Å². The summed E-state index contributed by atoms with van der Waals surface area (Å²) in [5, 5.41) is 0. The van der Waals surface area contributed by atoms with Gasteiger partial charge in [0.15, 0.2) is 0 Å². The largest absolute Gasteiger partial charge is 0.180 e. The van der Waals surface area contributed by atoms with Gasteiger partial charge >= 0.3 is 0 Å². The zero-order chi connectivity index (χ0) is 12.3. The van der Waals surface area contributed by atoms with Crippen LogP contribution in [-0.4, -0.2) is 0 Å². The predicted octanol–water partition coefficient (Wildman–Crippen LogP) is 4.46. The van der Waals surface area contributed by atoms with Crippen LogP contribution in [0.25, 0.3) is 0 Å². The third kappa shape index (κ3) is 5.50. The summed E-state index contributed by atoms with van der Waals surface area (Å²) in [6.45, 7) is 6.79. The molecule has 0 aliphatic rings. The van der Waals surface area contributed by atoms with Gasteiger partial charge in [0.05, 0.1) is 0 Å². The van der Waals surface area contributed by atoms with Crippen LogP contribution in [0.15, 0.2) is 48.5 Å². The van der Waals surface area contributed by atoms with Crippen LogP contribution in [0.4, 0.5) is 0 Å². The van der Waals surface area contributed by atoms with E-state index in [1.165, 1.54) is 11.1 Å². The Morgan fingerprint density at radius 2 is 1.21 bits per heavy atom. The maximum Gasteiger partial charge on any atom is 0 e. The number of rotatable bonds is 2. The molecule has 19 heavy (non-hydrogen) atoms. The monoisotopic (exact) mass is 400 g/mol. The van der Waals surface area contributed by atoms with E-state index in [0.717, 1.165) is 0 Å². The molecule has 0 unspecified atom stereocenters. The Balaban J connectivity index is 0.00000162. The summed E-state index contributed by atoms with van der Waals surface area (Å²) in [6, 6.07) is 23.1. The topological polar surface area (TPSA) is 0 Å². The quantitative estimate of drug-likeness (QED) is 0.654. The summed E-state index contributed by atoms with van der Waals surface area (Å²) >= 11 is 0. The Kier molecular flexibility index (Phi) is 9.13. The Bertz CT molecular complexity index is 418. The molecule has 0 saturated carbocycles. The summed E-state index contributed by atoms with van der Waals surface area (Å²) in [4.78, 5) is 0. The first-order chi connectivity index (χ1) is 8.09. The van der Waals surface area contributed by atoms with Crippen molar-refractivity contribution in [2.24, 2.45) is 5.41 Å². The van der Waals surface area contributed by atoms with Crippen molar-refractivity contribution in [3.63, 3.8) is 0 Å². The van der Waals surface area contributed by atoms with Crippen LogP contribution in [0.2, 0.25) is 0 Å². The molecular weight excluding hydrogens is 382 g/mol. The minimum atomic E-state index is 0. The first-order valence-corrected chi connectivity index (χ1v) is 6.02. The van der Waals surface area contributed by atoms with Crippen LogP contribution >= 0.6 is 0 Å². The van der Waals surface area contributed by atoms with Crippen LogP contribution in [0.5, 0.6) is 0 Å². The smallest absolute Gasteiger partial charge is 0 e. The van der Waals surface area contributed by atoms with Crippen molar-refractivity contribution >= 4 is 0 Å². The SMILES string of the molecule is CC(C)(C)C(c1[c-]cccc1)c1[c-]cccc1.[Y].[Y]. The molecule has 2 aromatic rings. The van der Waals surface area contributed by atoms with Gasteiger partial charge < -0.3 is 0 Å². The van der Waals surface area contributed by atoms with Crippen LogP contribution in [0, 0.1) is 17.5 Å². The summed E-state index contributed by atoms with van der Waals surface area (Å²) in [6.07, 6.45) is 0. The number of hydrogen-bond donors (Lipinski definition) is 0. The van der Waals surface area contributed by atoms with E-state index in [9.17, 15) is 0 Å². The average Bonchev–Trinajstić information content (AvgIpc) is 2.30. The molecule has 2 aromatic carbocycles. The predicted molar refractivity (Wildman–Crippen MR) is 71.9 cm³/mol. The second-order valence-corrected chi connectivity index (χ2v) is 5.43.